The summed E-state index contributed by atoms with van der Waals surface area (Å²) in [4.78, 5) is 27.1. The molecule has 4 aromatic rings. The fourth-order valence-electron chi connectivity index (χ4n) is 5.12. The lowest BCUT2D eigenvalue weighted by Crippen LogP contribution is -2.41. The van der Waals surface area contributed by atoms with Crippen molar-refractivity contribution in [1.82, 2.24) is 4.90 Å². The molecule has 7 heteroatoms. The molecule has 204 valence electrons. The Balaban J connectivity index is 1.33. The van der Waals surface area contributed by atoms with Crippen LogP contribution in [0.5, 0.6) is 0 Å². The highest BCUT2D eigenvalue weighted by Gasteiger charge is 2.39. The molecule has 40 heavy (non-hydrogen) atoms. The van der Waals surface area contributed by atoms with Gasteiger partial charge in [0.1, 0.15) is 0 Å². The molecule has 0 saturated heterocycles. The number of hydrogen-bond donors (Lipinski definition) is 3. The van der Waals surface area contributed by atoms with Crippen LogP contribution in [-0.2, 0) is 16.1 Å². The van der Waals surface area contributed by atoms with E-state index in [9.17, 15) is 14.7 Å². The highest BCUT2D eigenvalue weighted by Crippen LogP contribution is 2.42. The molecule has 0 spiro atoms. The normalized spacial score (nSPS) is 13.2. The van der Waals surface area contributed by atoms with E-state index >= 15 is 0 Å². The number of aliphatic carboxylic acids is 1. The van der Waals surface area contributed by atoms with Gasteiger partial charge in [0.2, 0.25) is 5.91 Å². The Morgan fingerprint density at radius 1 is 0.750 bits per heavy atom. The lowest BCUT2D eigenvalue weighted by atomic mass is 9.90. The van der Waals surface area contributed by atoms with Crippen molar-refractivity contribution in [2.45, 2.75) is 30.3 Å². The van der Waals surface area contributed by atoms with Crippen molar-refractivity contribution in [3.63, 3.8) is 0 Å². The van der Waals surface area contributed by atoms with E-state index in [0.717, 1.165) is 28.1 Å². The third-order valence-corrected chi connectivity index (χ3v) is 8.30. The van der Waals surface area contributed by atoms with Crippen LogP contribution in [0.4, 0.5) is 11.4 Å². The summed E-state index contributed by atoms with van der Waals surface area (Å²) in [5, 5.41) is 16.4. The van der Waals surface area contributed by atoms with Gasteiger partial charge in [0.25, 0.3) is 0 Å². The van der Waals surface area contributed by atoms with Crippen molar-refractivity contribution < 1.29 is 14.7 Å². The van der Waals surface area contributed by atoms with Crippen molar-refractivity contribution in [2.75, 3.05) is 22.9 Å². The SMILES string of the molecule is O=C(O)CC1(SCCCN(Cc2ccccc2)C(=O)C(c2ccccc2)c2ccccc2)Nc2ccccc2N1. The van der Waals surface area contributed by atoms with Crippen LogP contribution in [0, 0.1) is 0 Å². The molecule has 0 aliphatic carbocycles. The summed E-state index contributed by atoms with van der Waals surface area (Å²) < 4.78 is 0. The summed E-state index contributed by atoms with van der Waals surface area (Å²) in [6.45, 7) is 1.05. The van der Waals surface area contributed by atoms with E-state index in [1.807, 2.05) is 120 Å². The number of nitrogens with zero attached hydrogens (tertiary/aromatic N) is 1. The summed E-state index contributed by atoms with van der Waals surface area (Å²) in [6.07, 6.45) is 0.629. The van der Waals surface area contributed by atoms with Gasteiger partial charge in [0.05, 0.1) is 23.7 Å². The van der Waals surface area contributed by atoms with Gasteiger partial charge in [-0.3, -0.25) is 9.59 Å². The van der Waals surface area contributed by atoms with Crippen molar-refractivity contribution in [3.05, 3.63) is 132 Å². The van der Waals surface area contributed by atoms with Crippen LogP contribution in [-0.4, -0.2) is 39.2 Å². The van der Waals surface area contributed by atoms with Gasteiger partial charge in [-0.05, 0) is 41.0 Å². The van der Waals surface area contributed by atoms with E-state index in [2.05, 4.69) is 10.6 Å². The number of para-hydroxylation sites is 2. The zero-order chi connectivity index (χ0) is 27.8. The minimum atomic E-state index is -0.880. The largest absolute Gasteiger partial charge is 0.481 e. The second-order valence-electron chi connectivity index (χ2n) is 9.89. The molecule has 1 heterocycles. The van der Waals surface area contributed by atoms with Crippen LogP contribution in [0.25, 0.3) is 0 Å². The van der Waals surface area contributed by atoms with Gasteiger partial charge in [0.15, 0.2) is 4.99 Å². The van der Waals surface area contributed by atoms with Gasteiger partial charge in [-0.15, -0.1) is 11.8 Å². The standard InChI is InChI=1S/C33H33N3O3S/c37-30(38)23-33(34-28-19-10-11-20-29(28)35-33)40-22-12-21-36(24-25-13-4-1-5-14-25)32(39)31(26-15-6-2-7-16-26)27-17-8-3-9-18-27/h1-11,13-20,31,34-35H,12,21-24H2,(H,37,38). The topological polar surface area (TPSA) is 81.7 Å². The molecule has 0 saturated carbocycles. The average Bonchev–Trinajstić information content (AvgIpc) is 3.34. The van der Waals surface area contributed by atoms with Crippen LogP contribution < -0.4 is 10.6 Å². The first-order valence-electron chi connectivity index (χ1n) is 13.5. The van der Waals surface area contributed by atoms with Crippen LogP contribution in [0.2, 0.25) is 0 Å². The Morgan fingerprint density at radius 2 is 1.25 bits per heavy atom. The summed E-state index contributed by atoms with van der Waals surface area (Å²) in [5.74, 6) is -0.572. The number of benzene rings is 4. The molecule has 6 nitrogen and oxygen atoms in total. The number of nitrogens with one attached hydrogen (secondary N) is 2. The predicted octanol–water partition coefficient (Wildman–Crippen LogP) is 6.64. The number of carboxylic acid groups (broad SMARTS) is 1. The van der Waals surface area contributed by atoms with Gasteiger partial charge in [-0.1, -0.05) is 103 Å². The number of fused-ring (bicyclic) bond motifs is 1. The highest BCUT2D eigenvalue weighted by atomic mass is 32.2. The van der Waals surface area contributed by atoms with E-state index < -0.39 is 16.9 Å². The molecule has 5 rings (SSSR count). The maximum Gasteiger partial charge on any atom is 0.308 e. The molecular formula is C33H33N3O3S. The Morgan fingerprint density at radius 3 is 1.77 bits per heavy atom. The first-order chi connectivity index (χ1) is 19.5. The lowest BCUT2D eigenvalue weighted by Gasteiger charge is -2.30. The maximum atomic E-state index is 14.3. The van der Waals surface area contributed by atoms with Gasteiger partial charge < -0.3 is 20.6 Å². The Hall–Kier alpha value is -4.23. The van der Waals surface area contributed by atoms with Crippen LogP contribution in [0.1, 0.15) is 35.4 Å². The Kier molecular flexibility index (Phi) is 8.71. The number of hydrogen-bond acceptors (Lipinski definition) is 5. The van der Waals surface area contributed by atoms with Gasteiger partial charge in [-0.25, -0.2) is 0 Å². The molecule has 0 radical (unpaired) electrons. The van der Waals surface area contributed by atoms with Crippen LogP contribution in [0.3, 0.4) is 0 Å². The molecule has 3 N–H and O–H groups in total. The number of carbonyl (C=O) groups is 2. The minimum absolute atomic E-state index is 0.0519. The van der Waals surface area contributed by atoms with E-state index in [0.29, 0.717) is 25.3 Å². The Bertz CT molecular complexity index is 1350. The van der Waals surface area contributed by atoms with Crippen molar-refractivity contribution in [1.29, 1.82) is 0 Å². The summed E-state index contributed by atoms with van der Waals surface area (Å²) >= 11 is 1.54. The number of carboxylic acids is 1. The molecule has 0 atom stereocenters. The first-order valence-corrected chi connectivity index (χ1v) is 14.5. The minimum Gasteiger partial charge on any atom is -0.481 e. The van der Waals surface area contributed by atoms with Crippen molar-refractivity contribution in [2.24, 2.45) is 0 Å². The third kappa shape index (κ3) is 6.66. The van der Waals surface area contributed by atoms with Gasteiger partial charge in [0, 0.05) is 13.1 Å². The van der Waals surface area contributed by atoms with Crippen LogP contribution in [0.15, 0.2) is 115 Å². The molecule has 0 fully saturated rings. The van der Waals surface area contributed by atoms with Crippen molar-refractivity contribution in [3.8, 4) is 0 Å². The number of anilines is 2. The van der Waals surface area contributed by atoms with E-state index in [4.69, 9.17) is 0 Å². The predicted molar refractivity (Wildman–Crippen MR) is 162 cm³/mol. The zero-order valence-electron chi connectivity index (χ0n) is 22.2. The third-order valence-electron chi connectivity index (χ3n) is 6.96. The first kappa shape index (κ1) is 27.3. The monoisotopic (exact) mass is 551 g/mol. The zero-order valence-corrected chi connectivity index (χ0v) is 23.0. The molecule has 0 unspecified atom stereocenters. The molecule has 4 aromatic carbocycles. The quantitative estimate of drug-likeness (QED) is 0.171. The Labute approximate surface area is 239 Å². The molecule has 0 bridgehead atoms. The van der Waals surface area contributed by atoms with Crippen LogP contribution >= 0.6 is 11.8 Å². The summed E-state index contributed by atoms with van der Waals surface area (Å²) in [6, 6.07) is 37.6. The van der Waals surface area contributed by atoms with E-state index in [1.54, 1.807) is 0 Å². The second-order valence-corrected chi connectivity index (χ2v) is 11.3. The molecule has 0 aromatic heterocycles. The lowest BCUT2D eigenvalue weighted by molar-refractivity contribution is -0.137. The molecule has 1 aliphatic rings. The highest BCUT2D eigenvalue weighted by molar-refractivity contribution is 8.00. The smallest absolute Gasteiger partial charge is 0.308 e. The molecule has 1 aliphatic heterocycles. The van der Waals surface area contributed by atoms with E-state index in [1.165, 1.54) is 11.8 Å². The van der Waals surface area contributed by atoms with Gasteiger partial charge in [-0.2, -0.15) is 0 Å². The number of rotatable bonds is 12. The maximum absolute atomic E-state index is 14.3. The summed E-state index contributed by atoms with van der Waals surface area (Å²) in [5.41, 5.74) is 4.78. The molecular weight excluding hydrogens is 518 g/mol. The number of thioether (sulfide) groups is 1. The number of amides is 1. The number of carbonyl (C=O) groups excluding carboxylic acids is 1. The fraction of sp³-hybridized carbons (Fsp3) is 0.212. The fourth-order valence-corrected chi connectivity index (χ4v) is 6.33. The van der Waals surface area contributed by atoms with Crippen molar-refractivity contribution >= 4 is 35.0 Å². The molecule has 1 amide bonds. The van der Waals surface area contributed by atoms with Gasteiger partial charge >= 0.3 is 5.97 Å². The summed E-state index contributed by atoms with van der Waals surface area (Å²) in [7, 11) is 0. The van der Waals surface area contributed by atoms with E-state index in [-0.39, 0.29) is 12.3 Å². The second kappa shape index (κ2) is 12.7. The average molecular weight is 552 g/mol.